The number of aryl methyl sites for hydroxylation is 1. The maximum atomic E-state index is 12.6. The van der Waals surface area contributed by atoms with Gasteiger partial charge < -0.3 is 18.6 Å². The summed E-state index contributed by atoms with van der Waals surface area (Å²) in [5.74, 6) is -0.130. The van der Waals surface area contributed by atoms with Gasteiger partial charge in [-0.2, -0.15) is 0 Å². The minimum absolute atomic E-state index is 0.252. The Bertz CT molecular complexity index is 931. The molecule has 2 aromatic rings. The van der Waals surface area contributed by atoms with Gasteiger partial charge in [-0.1, -0.05) is 6.08 Å². The molecular formula is C21H24N2O5S. The van der Waals surface area contributed by atoms with E-state index in [1.165, 1.54) is 29.8 Å². The summed E-state index contributed by atoms with van der Waals surface area (Å²) >= 11 is 1.43. The number of nitrogens with zero attached hydrogens (tertiary/aromatic N) is 2. The molecule has 1 aliphatic heterocycles. The molecule has 2 aromatic heterocycles. The van der Waals surface area contributed by atoms with Gasteiger partial charge in [-0.3, -0.25) is 9.59 Å². The second-order valence-corrected chi connectivity index (χ2v) is 7.97. The van der Waals surface area contributed by atoms with Crippen LogP contribution in [-0.2, 0) is 20.9 Å². The number of thioether (sulfide) groups is 1. The van der Waals surface area contributed by atoms with Crippen LogP contribution < -0.4 is 0 Å². The van der Waals surface area contributed by atoms with Crippen molar-refractivity contribution in [2.45, 2.75) is 38.7 Å². The molecule has 1 fully saturated rings. The van der Waals surface area contributed by atoms with E-state index in [2.05, 4.69) is 6.58 Å². The highest BCUT2D eigenvalue weighted by molar-refractivity contribution is 7.99. The van der Waals surface area contributed by atoms with Crippen molar-refractivity contribution in [1.82, 2.24) is 9.47 Å². The fraction of sp³-hybridized carbons (Fsp3) is 0.381. The largest absolute Gasteiger partial charge is 0.466 e. The molecule has 8 heteroatoms. The summed E-state index contributed by atoms with van der Waals surface area (Å²) in [7, 11) is 0. The highest BCUT2D eigenvalue weighted by Gasteiger charge is 2.43. The summed E-state index contributed by atoms with van der Waals surface area (Å²) < 4.78 is 12.7. The quantitative estimate of drug-likeness (QED) is 0.391. The van der Waals surface area contributed by atoms with Gasteiger partial charge in [0.05, 0.1) is 6.26 Å². The smallest absolute Gasteiger partial charge is 0.330 e. The summed E-state index contributed by atoms with van der Waals surface area (Å²) in [4.78, 5) is 38.9. The second-order valence-electron chi connectivity index (χ2n) is 6.86. The molecule has 0 unspecified atom stereocenters. The zero-order valence-electron chi connectivity index (χ0n) is 16.7. The lowest BCUT2D eigenvalue weighted by Gasteiger charge is -2.25. The number of aromatic nitrogens is 1. The molecule has 0 saturated carbocycles. The summed E-state index contributed by atoms with van der Waals surface area (Å²) in [5.41, 5.74) is 2.27. The van der Waals surface area contributed by atoms with Crippen LogP contribution in [0.5, 0.6) is 0 Å². The van der Waals surface area contributed by atoms with Gasteiger partial charge in [0.2, 0.25) is 11.7 Å². The minimum atomic E-state index is -0.756. The van der Waals surface area contributed by atoms with Crippen LogP contribution in [0.25, 0.3) is 0 Å². The topological polar surface area (TPSA) is 81.8 Å². The molecule has 0 spiro atoms. The Labute approximate surface area is 173 Å². The minimum Gasteiger partial charge on any atom is -0.466 e. The van der Waals surface area contributed by atoms with E-state index in [-0.39, 0.29) is 23.7 Å². The third-order valence-electron chi connectivity index (χ3n) is 4.95. The number of carbonyl (C=O) groups is 3. The van der Waals surface area contributed by atoms with Gasteiger partial charge in [-0.25, -0.2) is 4.79 Å². The van der Waals surface area contributed by atoms with E-state index in [1.807, 2.05) is 18.4 Å². The van der Waals surface area contributed by atoms with Gasteiger partial charge in [0, 0.05) is 36.2 Å². The van der Waals surface area contributed by atoms with E-state index < -0.39 is 12.0 Å². The van der Waals surface area contributed by atoms with Gasteiger partial charge in [-0.05, 0) is 32.0 Å². The Hall–Kier alpha value is -2.74. The van der Waals surface area contributed by atoms with Crippen molar-refractivity contribution in [2.24, 2.45) is 0 Å². The summed E-state index contributed by atoms with van der Waals surface area (Å²) in [5, 5.41) is -0.381. The Balaban J connectivity index is 1.67. The predicted molar refractivity (Wildman–Crippen MR) is 110 cm³/mol. The molecule has 3 rings (SSSR count). The molecule has 29 heavy (non-hydrogen) atoms. The van der Waals surface area contributed by atoms with Crippen LogP contribution in [0.2, 0.25) is 0 Å². The summed E-state index contributed by atoms with van der Waals surface area (Å²) in [6.45, 7) is 9.13. The molecule has 1 amide bonds. The van der Waals surface area contributed by atoms with Crippen LogP contribution >= 0.6 is 11.8 Å². The Morgan fingerprint density at radius 3 is 2.76 bits per heavy atom. The maximum absolute atomic E-state index is 12.6. The van der Waals surface area contributed by atoms with Gasteiger partial charge in [-0.15, -0.1) is 18.3 Å². The molecule has 0 bridgehead atoms. The van der Waals surface area contributed by atoms with E-state index in [1.54, 1.807) is 24.3 Å². The monoisotopic (exact) mass is 416 g/mol. The van der Waals surface area contributed by atoms with Crippen LogP contribution in [0.4, 0.5) is 0 Å². The standard InChI is InChI=1S/C21H24N2O5S/c1-5-8-22-13(2)10-16(14(22)3)18(25)11-28-21(26)17-12-29-20(23(17)15(4)24)19-7-6-9-27-19/h5-7,9-10,17,20H,1,8,11-12H2,2-4H3/t17-,20+/m1/s1. The molecule has 0 radical (unpaired) electrons. The number of Topliss-reactive ketones (excluding diaryl/α,β-unsaturated/α-hetero) is 1. The van der Waals surface area contributed by atoms with E-state index >= 15 is 0 Å². The first-order valence-electron chi connectivity index (χ1n) is 9.26. The average Bonchev–Trinajstić information content (AvgIpc) is 3.40. The van der Waals surface area contributed by atoms with Gasteiger partial charge in [0.15, 0.2) is 6.61 Å². The number of allylic oxidation sites excluding steroid dienone is 1. The zero-order valence-corrected chi connectivity index (χ0v) is 17.5. The molecule has 0 aliphatic carbocycles. The van der Waals surface area contributed by atoms with Crippen molar-refractivity contribution in [3.8, 4) is 0 Å². The van der Waals surface area contributed by atoms with E-state index in [4.69, 9.17) is 9.15 Å². The lowest BCUT2D eigenvalue weighted by molar-refractivity contribution is -0.152. The Morgan fingerprint density at radius 2 is 2.14 bits per heavy atom. The first-order valence-corrected chi connectivity index (χ1v) is 10.3. The van der Waals surface area contributed by atoms with E-state index in [9.17, 15) is 14.4 Å². The highest BCUT2D eigenvalue weighted by Crippen LogP contribution is 2.41. The molecule has 2 atom stereocenters. The molecule has 1 saturated heterocycles. The van der Waals surface area contributed by atoms with E-state index in [0.717, 1.165) is 11.4 Å². The van der Waals surface area contributed by atoms with Crippen molar-refractivity contribution in [3.63, 3.8) is 0 Å². The molecular weight excluding hydrogens is 392 g/mol. The van der Waals surface area contributed by atoms with Gasteiger partial charge in [0.25, 0.3) is 0 Å². The molecule has 7 nitrogen and oxygen atoms in total. The Morgan fingerprint density at radius 1 is 1.38 bits per heavy atom. The number of hydrogen-bond acceptors (Lipinski definition) is 6. The van der Waals surface area contributed by atoms with Crippen molar-refractivity contribution in [2.75, 3.05) is 12.4 Å². The fourth-order valence-electron chi connectivity index (χ4n) is 3.53. The second kappa shape index (κ2) is 8.73. The van der Waals surface area contributed by atoms with Gasteiger partial charge in [0.1, 0.15) is 17.2 Å². The number of amides is 1. The number of rotatable bonds is 7. The first kappa shape index (κ1) is 21.0. The number of esters is 1. The molecule has 0 aromatic carbocycles. The van der Waals surface area contributed by atoms with Crippen molar-refractivity contribution >= 4 is 29.4 Å². The van der Waals surface area contributed by atoms with Crippen LogP contribution in [0.1, 0.15) is 39.8 Å². The SMILES string of the molecule is C=CCn1c(C)cc(C(=O)COC(=O)[C@H]2CS[C@@H](c3ccco3)N2C(C)=O)c1C. The average molecular weight is 416 g/mol. The molecule has 1 aliphatic rings. The highest BCUT2D eigenvalue weighted by atomic mass is 32.2. The van der Waals surface area contributed by atoms with Crippen LogP contribution in [-0.4, -0.2) is 45.5 Å². The molecule has 154 valence electrons. The van der Waals surface area contributed by atoms with Crippen molar-refractivity contribution in [3.05, 3.63) is 59.8 Å². The van der Waals surface area contributed by atoms with Gasteiger partial charge >= 0.3 is 5.97 Å². The number of furan rings is 1. The van der Waals surface area contributed by atoms with Crippen LogP contribution in [0.15, 0.2) is 41.5 Å². The first-order chi connectivity index (χ1) is 13.8. The van der Waals surface area contributed by atoms with E-state index in [0.29, 0.717) is 23.6 Å². The summed E-state index contributed by atoms with van der Waals surface area (Å²) in [6.07, 6.45) is 3.29. The fourth-order valence-corrected chi connectivity index (χ4v) is 4.94. The maximum Gasteiger partial charge on any atom is 0.330 e. The predicted octanol–water partition coefficient (Wildman–Crippen LogP) is 3.27. The zero-order chi connectivity index (χ0) is 21.1. The van der Waals surface area contributed by atoms with Crippen LogP contribution in [0.3, 0.4) is 0 Å². The third kappa shape index (κ3) is 4.17. The number of ether oxygens (including phenoxy) is 1. The van der Waals surface area contributed by atoms with Crippen molar-refractivity contribution in [1.29, 1.82) is 0 Å². The molecule has 0 N–H and O–H groups in total. The van der Waals surface area contributed by atoms with Crippen LogP contribution in [0, 0.1) is 13.8 Å². The Kier molecular flexibility index (Phi) is 6.32. The number of hydrogen-bond donors (Lipinski definition) is 0. The molecule has 3 heterocycles. The lowest BCUT2D eigenvalue weighted by Crippen LogP contribution is -2.43. The number of ketones is 1. The third-order valence-corrected chi connectivity index (χ3v) is 6.24. The normalized spacial score (nSPS) is 18.7. The van der Waals surface area contributed by atoms with Crippen molar-refractivity contribution < 1.29 is 23.5 Å². The lowest BCUT2D eigenvalue weighted by atomic mass is 10.1. The number of carbonyl (C=O) groups excluding carboxylic acids is 3. The summed E-state index contributed by atoms with van der Waals surface area (Å²) in [6, 6.07) is 4.54.